The zero-order valence-corrected chi connectivity index (χ0v) is 15.6. The maximum absolute atomic E-state index is 13.1. The van der Waals surface area contributed by atoms with E-state index in [9.17, 15) is 18.0 Å². The van der Waals surface area contributed by atoms with Crippen LogP contribution in [0.2, 0.25) is 0 Å². The van der Waals surface area contributed by atoms with E-state index in [-0.39, 0.29) is 31.1 Å². The zero-order chi connectivity index (χ0) is 20.9. The van der Waals surface area contributed by atoms with Crippen molar-refractivity contribution in [3.05, 3.63) is 65.9 Å². The highest BCUT2D eigenvalue weighted by molar-refractivity contribution is 5.96. The normalized spacial score (nSPS) is 11.4. The lowest BCUT2D eigenvalue weighted by atomic mass is 10.1. The average Bonchev–Trinajstić information content (AvgIpc) is 2.68. The highest BCUT2D eigenvalue weighted by Crippen LogP contribution is 2.35. The largest absolute Gasteiger partial charge is 0.489 e. The van der Waals surface area contributed by atoms with Crippen molar-refractivity contribution in [1.82, 2.24) is 4.98 Å². The van der Waals surface area contributed by atoms with E-state index in [1.165, 1.54) is 13.2 Å². The monoisotopic (exact) mass is 404 g/mol. The fourth-order valence-electron chi connectivity index (χ4n) is 2.84. The Morgan fingerprint density at radius 2 is 1.90 bits per heavy atom. The van der Waals surface area contributed by atoms with Gasteiger partial charge in [-0.2, -0.15) is 13.2 Å². The number of carbonyl (C=O) groups is 1. The molecule has 1 N–H and O–H groups in total. The Balaban J connectivity index is 1.83. The number of rotatable bonds is 7. The van der Waals surface area contributed by atoms with Gasteiger partial charge in [-0.1, -0.05) is 24.3 Å². The molecule has 0 saturated carbocycles. The van der Waals surface area contributed by atoms with Gasteiger partial charge in [-0.05, 0) is 29.8 Å². The number of halogens is 3. The minimum atomic E-state index is -4.54. The smallest absolute Gasteiger partial charge is 0.416 e. The topological polar surface area (TPSA) is 60.5 Å². The van der Waals surface area contributed by atoms with E-state index < -0.39 is 17.6 Å². The Bertz CT molecular complexity index is 1000. The second kappa shape index (κ2) is 8.91. The molecule has 2 aromatic carbocycles. The van der Waals surface area contributed by atoms with Gasteiger partial charge in [0.05, 0.1) is 29.8 Å². The molecule has 3 rings (SSSR count). The van der Waals surface area contributed by atoms with Crippen molar-refractivity contribution in [2.45, 2.75) is 12.6 Å². The summed E-state index contributed by atoms with van der Waals surface area (Å²) in [6.07, 6.45) is -2.95. The van der Waals surface area contributed by atoms with Crippen LogP contribution in [-0.2, 0) is 22.1 Å². The number of amides is 1. The molecule has 0 aliphatic heterocycles. The van der Waals surface area contributed by atoms with Crippen LogP contribution in [-0.4, -0.2) is 31.2 Å². The number of methoxy groups -OCH3 is 1. The molecule has 1 heterocycles. The second-order valence-corrected chi connectivity index (χ2v) is 6.27. The summed E-state index contributed by atoms with van der Waals surface area (Å²) in [5.41, 5.74) is 0.424. The number of hydrogen-bond acceptors (Lipinski definition) is 4. The molecule has 1 amide bonds. The molecule has 0 bridgehead atoms. The van der Waals surface area contributed by atoms with Crippen molar-refractivity contribution >= 4 is 22.5 Å². The Hall–Kier alpha value is -3.13. The van der Waals surface area contributed by atoms with E-state index in [0.717, 1.165) is 17.5 Å². The fraction of sp³-hybridized carbons (Fsp3) is 0.238. The first-order valence-electron chi connectivity index (χ1n) is 8.84. The van der Waals surface area contributed by atoms with Crippen LogP contribution in [0.1, 0.15) is 11.1 Å². The molecule has 5 nitrogen and oxygen atoms in total. The SMILES string of the molecule is COCCOc1ccc(C(F)(F)F)cc1NC(=O)Cc1cccc2cccnc12. The third-order valence-corrected chi connectivity index (χ3v) is 4.19. The number of para-hydroxylation sites is 1. The predicted octanol–water partition coefficient (Wildman–Crippen LogP) is 4.46. The van der Waals surface area contributed by atoms with Crippen LogP contribution >= 0.6 is 0 Å². The molecule has 8 heteroatoms. The van der Waals surface area contributed by atoms with E-state index in [1.807, 2.05) is 12.1 Å². The molecule has 0 atom stereocenters. The highest BCUT2D eigenvalue weighted by Gasteiger charge is 2.31. The first-order valence-corrected chi connectivity index (χ1v) is 8.84. The van der Waals surface area contributed by atoms with Gasteiger partial charge < -0.3 is 14.8 Å². The van der Waals surface area contributed by atoms with Crippen molar-refractivity contribution in [3.8, 4) is 5.75 Å². The summed E-state index contributed by atoms with van der Waals surface area (Å²) in [6.45, 7) is 0.397. The number of nitrogens with zero attached hydrogens (tertiary/aromatic N) is 1. The molecule has 29 heavy (non-hydrogen) atoms. The Kier molecular flexibility index (Phi) is 6.33. The fourth-order valence-corrected chi connectivity index (χ4v) is 2.84. The van der Waals surface area contributed by atoms with E-state index in [4.69, 9.17) is 9.47 Å². The quantitative estimate of drug-likeness (QED) is 0.591. The van der Waals surface area contributed by atoms with Crippen molar-refractivity contribution in [2.24, 2.45) is 0 Å². The lowest BCUT2D eigenvalue weighted by Crippen LogP contribution is -2.17. The first-order chi connectivity index (χ1) is 13.9. The van der Waals surface area contributed by atoms with Crippen LogP contribution in [0.5, 0.6) is 5.75 Å². The number of nitrogens with one attached hydrogen (secondary N) is 1. The van der Waals surface area contributed by atoms with Crippen LogP contribution in [0.25, 0.3) is 10.9 Å². The van der Waals surface area contributed by atoms with Gasteiger partial charge in [0.2, 0.25) is 5.91 Å². The number of aromatic nitrogens is 1. The number of anilines is 1. The van der Waals surface area contributed by atoms with Crippen molar-refractivity contribution in [2.75, 3.05) is 25.6 Å². The molecule has 0 saturated heterocycles. The van der Waals surface area contributed by atoms with Crippen LogP contribution in [0.4, 0.5) is 18.9 Å². The molecule has 0 aliphatic carbocycles. The number of carbonyl (C=O) groups excluding carboxylic acids is 1. The Labute approximate surface area is 165 Å². The summed E-state index contributed by atoms with van der Waals surface area (Å²) in [4.78, 5) is 16.9. The van der Waals surface area contributed by atoms with Crippen LogP contribution in [0.15, 0.2) is 54.7 Å². The number of ether oxygens (including phenoxy) is 2. The molecule has 0 unspecified atom stereocenters. The van der Waals surface area contributed by atoms with E-state index in [0.29, 0.717) is 11.1 Å². The minimum absolute atomic E-state index is 0.0396. The Morgan fingerprint density at radius 3 is 2.66 bits per heavy atom. The summed E-state index contributed by atoms with van der Waals surface area (Å²) >= 11 is 0. The Morgan fingerprint density at radius 1 is 1.10 bits per heavy atom. The van der Waals surface area contributed by atoms with E-state index >= 15 is 0 Å². The first kappa shape index (κ1) is 20.6. The van der Waals surface area contributed by atoms with Crippen LogP contribution in [0.3, 0.4) is 0 Å². The van der Waals surface area contributed by atoms with Crippen LogP contribution < -0.4 is 10.1 Å². The number of benzene rings is 2. The third kappa shape index (κ3) is 5.23. The molecule has 1 aromatic heterocycles. The molecule has 152 valence electrons. The van der Waals surface area contributed by atoms with Crippen LogP contribution in [0, 0.1) is 0 Å². The number of fused-ring (bicyclic) bond motifs is 1. The third-order valence-electron chi connectivity index (χ3n) is 4.19. The van der Waals surface area contributed by atoms with Gasteiger partial charge >= 0.3 is 6.18 Å². The molecular weight excluding hydrogens is 385 g/mol. The summed E-state index contributed by atoms with van der Waals surface area (Å²) in [7, 11) is 1.48. The maximum Gasteiger partial charge on any atom is 0.416 e. The zero-order valence-electron chi connectivity index (χ0n) is 15.6. The summed E-state index contributed by atoms with van der Waals surface area (Å²) < 4.78 is 49.6. The van der Waals surface area contributed by atoms with Gasteiger partial charge in [0.25, 0.3) is 0 Å². The summed E-state index contributed by atoms with van der Waals surface area (Å²) in [6, 6.07) is 12.1. The molecular formula is C21H19F3N2O3. The number of pyridine rings is 1. The van der Waals surface area contributed by atoms with Crippen molar-refractivity contribution in [1.29, 1.82) is 0 Å². The number of alkyl halides is 3. The van der Waals surface area contributed by atoms with Gasteiger partial charge in [0.1, 0.15) is 12.4 Å². The van der Waals surface area contributed by atoms with E-state index in [1.54, 1.807) is 24.4 Å². The van der Waals surface area contributed by atoms with E-state index in [2.05, 4.69) is 10.3 Å². The average molecular weight is 404 g/mol. The number of hydrogen-bond donors (Lipinski definition) is 1. The van der Waals surface area contributed by atoms with Gasteiger partial charge in [-0.25, -0.2) is 0 Å². The molecule has 0 radical (unpaired) electrons. The standard InChI is InChI=1S/C21H19F3N2O3/c1-28-10-11-29-18-8-7-16(21(22,23)24)13-17(18)26-19(27)12-15-5-2-4-14-6-3-9-25-20(14)15/h2-9,13H,10-12H2,1H3,(H,26,27). The lowest BCUT2D eigenvalue weighted by molar-refractivity contribution is -0.137. The van der Waals surface area contributed by atoms with Crippen molar-refractivity contribution < 1.29 is 27.4 Å². The van der Waals surface area contributed by atoms with Gasteiger partial charge in [0.15, 0.2) is 0 Å². The highest BCUT2D eigenvalue weighted by atomic mass is 19.4. The minimum Gasteiger partial charge on any atom is -0.489 e. The lowest BCUT2D eigenvalue weighted by Gasteiger charge is -2.15. The summed E-state index contributed by atoms with van der Waals surface area (Å²) in [5, 5.41) is 3.41. The molecule has 0 spiro atoms. The van der Waals surface area contributed by atoms with Gasteiger partial charge in [-0.15, -0.1) is 0 Å². The summed E-state index contributed by atoms with van der Waals surface area (Å²) in [5.74, 6) is -0.335. The van der Waals surface area contributed by atoms with Gasteiger partial charge in [-0.3, -0.25) is 9.78 Å². The molecule has 0 fully saturated rings. The van der Waals surface area contributed by atoms with Crippen molar-refractivity contribution in [3.63, 3.8) is 0 Å². The molecule has 0 aliphatic rings. The predicted molar refractivity (Wildman–Crippen MR) is 103 cm³/mol. The van der Waals surface area contributed by atoms with Gasteiger partial charge in [0, 0.05) is 18.7 Å². The maximum atomic E-state index is 13.1. The molecule has 3 aromatic rings. The second-order valence-electron chi connectivity index (χ2n) is 6.27.